The quantitative estimate of drug-likeness (QED) is 0.255. The molecule has 1 aliphatic rings. The van der Waals surface area contributed by atoms with E-state index < -0.39 is 23.4 Å². The fourth-order valence-corrected chi connectivity index (χ4v) is 4.10. The molecule has 164 valence electrons. The van der Waals surface area contributed by atoms with E-state index in [-0.39, 0.29) is 16.4 Å². The zero-order chi connectivity index (χ0) is 22.7. The summed E-state index contributed by atoms with van der Waals surface area (Å²) in [5.41, 5.74) is 2.84. The van der Waals surface area contributed by atoms with Crippen molar-refractivity contribution in [3.8, 4) is 0 Å². The van der Waals surface area contributed by atoms with Gasteiger partial charge < -0.3 is 10.1 Å². The number of amides is 1. The summed E-state index contributed by atoms with van der Waals surface area (Å²) in [7, 11) is 0. The van der Waals surface area contributed by atoms with Crippen molar-refractivity contribution in [2.75, 3.05) is 11.9 Å². The number of carbonyl (C=O) groups excluding carboxylic acids is 2. The van der Waals surface area contributed by atoms with Crippen molar-refractivity contribution in [2.45, 2.75) is 32.1 Å². The molecule has 9 heteroatoms. The highest BCUT2D eigenvalue weighted by Gasteiger charge is 2.23. The summed E-state index contributed by atoms with van der Waals surface area (Å²) in [5, 5.41) is 14.2. The normalized spacial score (nSPS) is 13.2. The van der Waals surface area contributed by atoms with E-state index in [1.807, 2.05) is 24.3 Å². The lowest BCUT2D eigenvalue weighted by Crippen LogP contribution is -2.22. The summed E-state index contributed by atoms with van der Waals surface area (Å²) >= 11 is 5.79. The van der Waals surface area contributed by atoms with E-state index in [1.54, 1.807) is 0 Å². The van der Waals surface area contributed by atoms with Crippen LogP contribution in [-0.4, -0.2) is 28.4 Å². The number of halogens is 1. The molecule has 0 bridgehead atoms. The lowest BCUT2D eigenvalue weighted by molar-refractivity contribution is -0.384. The number of pyridine rings is 1. The van der Waals surface area contributed by atoms with Crippen LogP contribution < -0.4 is 5.32 Å². The number of nitrogens with zero attached hydrogens (tertiary/aromatic N) is 2. The third-order valence-corrected chi connectivity index (χ3v) is 5.70. The fraction of sp³-hybridized carbons (Fsp3) is 0.261. The van der Waals surface area contributed by atoms with Gasteiger partial charge in [0.2, 0.25) is 0 Å². The molecular formula is C23H20ClN3O5. The number of aromatic nitrogens is 1. The smallest absolute Gasteiger partial charge is 0.339 e. The van der Waals surface area contributed by atoms with Crippen molar-refractivity contribution >= 4 is 45.8 Å². The Balaban J connectivity index is 1.53. The number of aryl methyl sites for hydroxylation is 1. The fourth-order valence-electron chi connectivity index (χ4n) is 3.91. The minimum absolute atomic E-state index is 0.0373. The third kappa shape index (κ3) is 4.55. The maximum absolute atomic E-state index is 13.1. The van der Waals surface area contributed by atoms with Gasteiger partial charge >= 0.3 is 5.97 Å². The van der Waals surface area contributed by atoms with Gasteiger partial charge in [0.15, 0.2) is 6.61 Å². The number of nitrogens with one attached hydrogen (secondary N) is 1. The molecule has 0 radical (unpaired) electrons. The molecule has 1 aromatic heterocycles. The largest absolute Gasteiger partial charge is 0.452 e. The van der Waals surface area contributed by atoms with Crippen LogP contribution in [0.3, 0.4) is 0 Å². The number of nitro groups is 1. The first kappa shape index (κ1) is 21.7. The van der Waals surface area contributed by atoms with E-state index in [0.717, 1.165) is 54.9 Å². The molecule has 0 saturated carbocycles. The Bertz CT molecular complexity index is 1230. The number of fused-ring (bicyclic) bond motifs is 2. The first-order valence-corrected chi connectivity index (χ1v) is 10.6. The van der Waals surface area contributed by atoms with Crippen LogP contribution >= 0.6 is 11.6 Å². The predicted octanol–water partition coefficient (Wildman–Crippen LogP) is 4.86. The molecule has 1 heterocycles. The van der Waals surface area contributed by atoms with Gasteiger partial charge in [-0.15, -0.1) is 0 Å². The van der Waals surface area contributed by atoms with E-state index in [0.29, 0.717) is 10.9 Å². The zero-order valence-electron chi connectivity index (χ0n) is 17.1. The Morgan fingerprint density at radius 1 is 1.12 bits per heavy atom. The molecule has 0 saturated heterocycles. The molecule has 0 spiro atoms. The highest BCUT2D eigenvalue weighted by atomic mass is 35.5. The molecule has 1 amide bonds. The van der Waals surface area contributed by atoms with Crippen molar-refractivity contribution in [1.82, 2.24) is 4.98 Å². The number of benzene rings is 2. The molecule has 1 N–H and O–H groups in total. The lowest BCUT2D eigenvalue weighted by atomic mass is 9.97. The molecule has 0 aliphatic heterocycles. The Hall–Kier alpha value is -3.52. The van der Waals surface area contributed by atoms with Crippen LogP contribution in [-0.2, 0) is 22.4 Å². The van der Waals surface area contributed by atoms with Crippen LogP contribution in [0.5, 0.6) is 0 Å². The molecule has 0 fully saturated rings. The predicted molar refractivity (Wildman–Crippen MR) is 120 cm³/mol. The standard InChI is InChI=1S/C23H20ClN3O5/c24-17-11-10-14(12-20(17)27(30)31)25-21(28)13-32-23(29)22-15-6-2-1-3-8-18(15)26-19-9-5-4-7-16(19)22/h4-5,7,9-12H,1-3,6,8,13H2,(H,25,28). The molecule has 32 heavy (non-hydrogen) atoms. The number of carbonyl (C=O) groups is 2. The van der Waals surface area contributed by atoms with Gasteiger partial charge in [-0.25, -0.2) is 4.79 Å². The molecule has 2 aromatic carbocycles. The highest BCUT2D eigenvalue weighted by molar-refractivity contribution is 6.32. The second kappa shape index (κ2) is 9.32. The second-order valence-corrected chi connectivity index (χ2v) is 7.94. The number of esters is 1. The monoisotopic (exact) mass is 453 g/mol. The number of hydrogen-bond donors (Lipinski definition) is 1. The number of rotatable bonds is 5. The second-order valence-electron chi connectivity index (χ2n) is 7.54. The van der Waals surface area contributed by atoms with E-state index in [9.17, 15) is 19.7 Å². The number of ether oxygens (including phenoxy) is 1. The molecular weight excluding hydrogens is 434 g/mol. The Labute approximate surface area is 188 Å². The molecule has 0 atom stereocenters. The summed E-state index contributed by atoms with van der Waals surface area (Å²) in [5.74, 6) is -1.20. The topological polar surface area (TPSA) is 111 Å². The molecule has 1 aliphatic carbocycles. The first-order valence-electron chi connectivity index (χ1n) is 10.3. The first-order chi connectivity index (χ1) is 15.4. The van der Waals surface area contributed by atoms with Crippen LogP contribution in [0.1, 0.15) is 40.9 Å². The van der Waals surface area contributed by atoms with Gasteiger partial charge in [0.05, 0.1) is 16.0 Å². The summed E-state index contributed by atoms with van der Waals surface area (Å²) in [6.45, 7) is -0.527. The Morgan fingerprint density at radius 2 is 1.91 bits per heavy atom. The third-order valence-electron chi connectivity index (χ3n) is 5.38. The number of hydrogen-bond acceptors (Lipinski definition) is 6. The van der Waals surface area contributed by atoms with E-state index in [2.05, 4.69) is 5.32 Å². The van der Waals surface area contributed by atoms with Crippen LogP contribution in [0.15, 0.2) is 42.5 Å². The van der Waals surface area contributed by atoms with Crippen LogP contribution in [0.2, 0.25) is 5.02 Å². The minimum atomic E-state index is -0.641. The van der Waals surface area contributed by atoms with Crippen LogP contribution in [0.4, 0.5) is 11.4 Å². The SMILES string of the molecule is O=C(COC(=O)c1c2c(nc3ccccc13)CCCCC2)Nc1ccc(Cl)c([N+](=O)[O-])c1. The summed E-state index contributed by atoms with van der Waals surface area (Å²) in [4.78, 5) is 40.5. The summed E-state index contributed by atoms with van der Waals surface area (Å²) < 4.78 is 5.34. The van der Waals surface area contributed by atoms with Crippen LogP contribution in [0.25, 0.3) is 10.9 Å². The van der Waals surface area contributed by atoms with Gasteiger partial charge in [-0.2, -0.15) is 0 Å². The van der Waals surface area contributed by atoms with Crippen molar-refractivity contribution in [1.29, 1.82) is 0 Å². The molecule has 3 aromatic rings. The molecule has 8 nitrogen and oxygen atoms in total. The van der Waals surface area contributed by atoms with E-state index in [1.165, 1.54) is 12.1 Å². The Morgan fingerprint density at radius 3 is 2.72 bits per heavy atom. The minimum Gasteiger partial charge on any atom is -0.452 e. The maximum atomic E-state index is 13.1. The number of nitro benzene ring substituents is 1. The highest BCUT2D eigenvalue weighted by Crippen LogP contribution is 2.30. The van der Waals surface area contributed by atoms with Crippen molar-refractivity contribution < 1.29 is 19.2 Å². The average molecular weight is 454 g/mol. The van der Waals surface area contributed by atoms with Crippen molar-refractivity contribution in [3.63, 3.8) is 0 Å². The lowest BCUT2D eigenvalue weighted by Gasteiger charge is -2.15. The van der Waals surface area contributed by atoms with Gasteiger partial charge in [-0.1, -0.05) is 36.2 Å². The van der Waals surface area contributed by atoms with E-state index in [4.69, 9.17) is 21.3 Å². The van der Waals surface area contributed by atoms with Crippen molar-refractivity contribution in [2.24, 2.45) is 0 Å². The summed E-state index contributed by atoms with van der Waals surface area (Å²) in [6, 6.07) is 11.3. The van der Waals surface area contributed by atoms with Gasteiger partial charge in [0.25, 0.3) is 11.6 Å². The van der Waals surface area contributed by atoms with E-state index >= 15 is 0 Å². The van der Waals surface area contributed by atoms with Gasteiger partial charge in [0, 0.05) is 22.8 Å². The van der Waals surface area contributed by atoms with Gasteiger partial charge in [-0.3, -0.25) is 19.9 Å². The number of anilines is 1. The summed E-state index contributed by atoms with van der Waals surface area (Å²) in [6.07, 6.45) is 4.58. The maximum Gasteiger partial charge on any atom is 0.339 e. The zero-order valence-corrected chi connectivity index (χ0v) is 17.9. The molecule has 0 unspecified atom stereocenters. The van der Waals surface area contributed by atoms with Crippen molar-refractivity contribution in [3.05, 3.63) is 74.4 Å². The Kier molecular flexibility index (Phi) is 6.32. The van der Waals surface area contributed by atoms with Gasteiger partial charge in [0.1, 0.15) is 5.02 Å². The van der Waals surface area contributed by atoms with Gasteiger partial charge in [-0.05, 0) is 49.4 Å². The molecule has 4 rings (SSSR count). The average Bonchev–Trinajstić information content (AvgIpc) is 3.02. The van der Waals surface area contributed by atoms with Crippen LogP contribution in [0, 0.1) is 10.1 Å². The number of para-hydroxylation sites is 1.